The van der Waals surface area contributed by atoms with Crippen LogP contribution in [0.2, 0.25) is 10.0 Å². The van der Waals surface area contributed by atoms with Crippen LogP contribution in [0, 0.1) is 0 Å². The van der Waals surface area contributed by atoms with Crippen molar-refractivity contribution in [2.24, 2.45) is 0 Å². The Morgan fingerprint density at radius 1 is 1.32 bits per heavy atom. The Bertz CT molecular complexity index is 421. The summed E-state index contributed by atoms with van der Waals surface area (Å²) in [6, 6.07) is 5.54. The Morgan fingerprint density at radius 2 is 2.05 bits per heavy atom. The first-order valence-corrected chi connectivity index (χ1v) is 7.54. The van der Waals surface area contributed by atoms with Crippen molar-refractivity contribution in [1.29, 1.82) is 0 Å². The molecule has 106 valence electrons. The molecule has 1 aromatic carbocycles. The highest BCUT2D eigenvalue weighted by molar-refractivity contribution is 6.35. The number of carbonyl (C=O) groups is 1. The molecule has 0 radical (unpaired) electrons. The van der Waals surface area contributed by atoms with Crippen molar-refractivity contribution in [1.82, 2.24) is 5.32 Å². The quantitative estimate of drug-likeness (QED) is 0.777. The first-order chi connectivity index (χ1) is 9.08. The first-order valence-electron chi connectivity index (χ1n) is 6.78. The van der Waals surface area contributed by atoms with Crippen molar-refractivity contribution in [3.05, 3.63) is 33.8 Å². The minimum absolute atomic E-state index is 0.0268. The molecule has 1 rings (SSSR count). The second-order valence-corrected chi connectivity index (χ2v) is 5.40. The Kier molecular flexibility index (Phi) is 7.44. The number of halogens is 2. The Hall–Kier alpha value is -0.570. The van der Waals surface area contributed by atoms with Crippen molar-refractivity contribution in [2.45, 2.75) is 45.6 Å². The molecule has 19 heavy (non-hydrogen) atoms. The molecule has 0 saturated heterocycles. The zero-order chi connectivity index (χ0) is 14.3. The molecule has 0 aliphatic carbocycles. The Balaban J connectivity index is 2.49. The van der Waals surface area contributed by atoms with Crippen LogP contribution in [0.4, 0.5) is 0 Å². The first kappa shape index (κ1) is 16.5. The van der Waals surface area contributed by atoms with Gasteiger partial charge in [-0.2, -0.15) is 0 Å². The van der Waals surface area contributed by atoms with Gasteiger partial charge in [0.1, 0.15) is 5.78 Å². The molecular formula is C15H21Cl2NO. The van der Waals surface area contributed by atoms with E-state index in [0.717, 1.165) is 31.4 Å². The lowest BCUT2D eigenvalue weighted by atomic mass is 10.0. The van der Waals surface area contributed by atoms with E-state index in [9.17, 15) is 4.79 Å². The standard InChI is InChI=1S/C15H21Cl2NO/c1-3-15(19)14(18-4-2)7-5-6-11-8-9-12(16)10-13(11)17/h8-10,14,18H,3-7H2,1-2H3. The minimum Gasteiger partial charge on any atom is -0.308 e. The molecule has 0 aliphatic rings. The number of hydrogen-bond donors (Lipinski definition) is 1. The van der Waals surface area contributed by atoms with Crippen molar-refractivity contribution in [3.63, 3.8) is 0 Å². The van der Waals surface area contributed by atoms with E-state index in [-0.39, 0.29) is 11.8 Å². The topological polar surface area (TPSA) is 29.1 Å². The van der Waals surface area contributed by atoms with E-state index < -0.39 is 0 Å². The molecule has 0 aliphatic heterocycles. The average molecular weight is 302 g/mol. The molecule has 1 atom stereocenters. The van der Waals surface area contributed by atoms with Crippen LogP contribution in [0.15, 0.2) is 18.2 Å². The molecule has 0 spiro atoms. The molecule has 0 saturated carbocycles. The summed E-state index contributed by atoms with van der Waals surface area (Å²) in [4.78, 5) is 11.7. The summed E-state index contributed by atoms with van der Waals surface area (Å²) in [6.07, 6.45) is 3.23. The van der Waals surface area contributed by atoms with Crippen LogP contribution in [0.1, 0.15) is 38.7 Å². The lowest BCUT2D eigenvalue weighted by Crippen LogP contribution is -2.36. The van der Waals surface area contributed by atoms with E-state index in [0.29, 0.717) is 16.5 Å². The van der Waals surface area contributed by atoms with Gasteiger partial charge in [0.2, 0.25) is 0 Å². The summed E-state index contributed by atoms with van der Waals surface area (Å²) >= 11 is 12.0. The Morgan fingerprint density at radius 3 is 2.63 bits per heavy atom. The van der Waals surface area contributed by atoms with Gasteiger partial charge in [-0.1, -0.05) is 43.1 Å². The predicted octanol–water partition coefficient (Wildman–Crippen LogP) is 4.27. The smallest absolute Gasteiger partial charge is 0.149 e. The van der Waals surface area contributed by atoms with Crippen LogP contribution >= 0.6 is 23.2 Å². The fraction of sp³-hybridized carbons (Fsp3) is 0.533. The van der Waals surface area contributed by atoms with Crippen LogP contribution in [-0.4, -0.2) is 18.4 Å². The third-order valence-corrected chi connectivity index (χ3v) is 3.73. The van der Waals surface area contributed by atoms with E-state index in [4.69, 9.17) is 23.2 Å². The minimum atomic E-state index is -0.0268. The SMILES string of the molecule is CCNC(CCCc1ccc(Cl)cc1Cl)C(=O)CC. The average Bonchev–Trinajstić information content (AvgIpc) is 2.39. The van der Waals surface area contributed by atoms with Crippen LogP contribution in [0.5, 0.6) is 0 Å². The van der Waals surface area contributed by atoms with Crippen LogP contribution in [0.3, 0.4) is 0 Å². The highest BCUT2D eigenvalue weighted by atomic mass is 35.5. The largest absolute Gasteiger partial charge is 0.308 e. The van der Waals surface area contributed by atoms with Crippen LogP contribution < -0.4 is 5.32 Å². The molecule has 0 aromatic heterocycles. The lowest BCUT2D eigenvalue weighted by molar-refractivity contribution is -0.120. The summed E-state index contributed by atoms with van der Waals surface area (Å²) < 4.78 is 0. The number of aryl methyl sites for hydroxylation is 1. The number of ketones is 1. The van der Waals surface area contributed by atoms with Crippen LogP contribution in [0.25, 0.3) is 0 Å². The van der Waals surface area contributed by atoms with Gasteiger partial charge in [0.15, 0.2) is 0 Å². The molecule has 0 amide bonds. The molecule has 1 aromatic rings. The molecular weight excluding hydrogens is 281 g/mol. The second kappa shape index (κ2) is 8.57. The van der Waals surface area contributed by atoms with Crippen molar-refractivity contribution < 1.29 is 4.79 Å². The van der Waals surface area contributed by atoms with Gasteiger partial charge < -0.3 is 5.32 Å². The molecule has 2 nitrogen and oxygen atoms in total. The van der Waals surface area contributed by atoms with E-state index in [1.54, 1.807) is 6.07 Å². The molecule has 0 fully saturated rings. The molecule has 0 bridgehead atoms. The number of carbonyl (C=O) groups excluding carboxylic acids is 1. The monoisotopic (exact) mass is 301 g/mol. The fourth-order valence-electron chi connectivity index (χ4n) is 2.09. The van der Waals surface area contributed by atoms with E-state index in [1.807, 2.05) is 26.0 Å². The van der Waals surface area contributed by atoms with E-state index in [1.165, 1.54) is 0 Å². The number of rotatable bonds is 8. The number of benzene rings is 1. The van der Waals surface area contributed by atoms with Gasteiger partial charge in [0, 0.05) is 16.5 Å². The number of nitrogens with one attached hydrogen (secondary N) is 1. The third-order valence-electron chi connectivity index (χ3n) is 3.14. The lowest BCUT2D eigenvalue weighted by Gasteiger charge is -2.16. The summed E-state index contributed by atoms with van der Waals surface area (Å²) in [7, 11) is 0. The Labute approximate surface area is 125 Å². The van der Waals surface area contributed by atoms with Crippen molar-refractivity contribution >= 4 is 29.0 Å². The predicted molar refractivity (Wildman–Crippen MR) is 82.2 cm³/mol. The number of Topliss-reactive ketones (excluding diaryl/α,β-unsaturated/α-hetero) is 1. The van der Waals surface area contributed by atoms with Crippen LogP contribution in [-0.2, 0) is 11.2 Å². The zero-order valence-corrected chi connectivity index (χ0v) is 13.0. The summed E-state index contributed by atoms with van der Waals surface area (Å²) in [5, 5.41) is 4.60. The summed E-state index contributed by atoms with van der Waals surface area (Å²) in [5.74, 6) is 0.282. The van der Waals surface area contributed by atoms with Gasteiger partial charge in [-0.05, 0) is 43.5 Å². The van der Waals surface area contributed by atoms with Gasteiger partial charge in [0.25, 0.3) is 0 Å². The number of likely N-dealkylation sites (N-methyl/N-ethyl adjacent to an activating group) is 1. The maximum atomic E-state index is 11.7. The van der Waals surface area contributed by atoms with Crippen molar-refractivity contribution in [3.8, 4) is 0 Å². The maximum Gasteiger partial charge on any atom is 0.149 e. The van der Waals surface area contributed by atoms with Crippen molar-refractivity contribution in [2.75, 3.05) is 6.54 Å². The van der Waals surface area contributed by atoms with E-state index >= 15 is 0 Å². The second-order valence-electron chi connectivity index (χ2n) is 4.56. The molecule has 4 heteroatoms. The molecule has 1 N–H and O–H groups in total. The summed E-state index contributed by atoms with van der Waals surface area (Å²) in [5.41, 5.74) is 1.09. The van der Waals surface area contributed by atoms with Gasteiger partial charge >= 0.3 is 0 Å². The maximum absolute atomic E-state index is 11.7. The van der Waals surface area contributed by atoms with E-state index in [2.05, 4.69) is 5.32 Å². The third kappa shape index (κ3) is 5.52. The zero-order valence-electron chi connectivity index (χ0n) is 11.5. The van der Waals surface area contributed by atoms with Gasteiger partial charge in [-0.25, -0.2) is 0 Å². The molecule has 1 unspecified atom stereocenters. The normalized spacial score (nSPS) is 12.4. The highest BCUT2D eigenvalue weighted by Gasteiger charge is 2.14. The summed E-state index contributed by atoms with van der Waals surface area (Å²) in [6.45, 7) is 4.74. The van der Waals surface area contributed by atoms with Gasteiger partial charge in [-0.3, -0.25) is 4.79 Å². The van der Waals surface area contributed by atoms with Gasteiger partial charge in [0.05, 0.1) is 6.04 Å². The highest BCUT2D eigenvalue weighted by Crippen LogP contribution is 2.22. The molecule has 0 heterocycles. The number of hydrogen-bond acceptors (Lipinski definition) is 2. The van der Waals surface area contributed by atoms with Gasteiger partial charge in [-0.15, -0.1) is 0 Å². The fourth-order valence-corrected chi connectivity index (χ4v) is 2.59.